The van der Waals surface area contributed by atoms with E-state index in [0.29, 0.717) is 46.6 Å². The summed E-state index contributed by atoms with van der Waals surface area (Å²) >= 11 is 1.52. The summed E-state index contributed by atoms with van der Waals surface area (Å²) in [6.07, 6.45) is 1.83. The van der Waals surface area contributed by atoms with Crippen LogP contribution in [0.1, 0.15) is 41.1 Å². The average Bonchev–Trinajstić information content (AvgIpc) is 3.36. The number of rotatable bonds is 11. The van der Waals surface area contributed by atoms with E-state index in [1.807, 2.05) is 12.1 Å². The molecule has 0 radical (unpaired) electrons. The van der Waals surface area contributed by atoms with Gasteiger partial charge < -0.3 is 33.9 Å². The zero-order chi connectivity index (χ0) is 26.2. The molecule has 1 saturated heterocycles. The molecule has 2 amide bonds. The van der Waals surface area contributed by atoms with Crippen molar-refractivity contribution in [3.05, 3.63) is 41.5 Å². The minimum atomic E-state index is -0.656. The number of ether oxygens (including phenoxy) is 5. The summed E-state index contributed by atoms with van der Waals surface area (Å²) in [6.45, 7) is 2.62. The third-order valence-corrected chi connectivity index (χ3v) is 7.29. The van der Waals surface area contributed by atoms with Crippen LogP contribution in [-0.4, -0.2) is 70.6 Å². The molecule has 2 aromatic rings. The zero-order valence-corrected chi connectivity index (χ0v) is 22.4. The number of carbonyl (C=O) groups is 2. The highest BCUT2D eigenvalue weighted by Gasteiger charge is 2.43. The van der Waals surface area contributed by atoms with Crippen LogP contribution in [0.25, 0.3) is 0 Å². The van der Waals surface area contributed by atoms with Gasteiger partial charge >= 0.3 is 0 Å². The van der Waals surface area contributed by atoms with Gasteiger partial charge in [-0.05, 0) is 36.2 Å². The van der Waals surface area contributed by atoms with Crippen molar-refractivity contribution < 1.29 is 33.3 Å². The number of unbranched alkanes of at least 4 members (excludes halogenated alkanes) is 1. The molecule has 3 rings (SSSR count). The lowest BCUT2D eigenvalue weighted by Crippen LogP contribution is -2.48. The van der Waals surface area contributed by atoms with Crippen LogP contribution in [0.5, 0.6) is 28.7 Å². The third-order valence-electron chi connectivity index (χ3n) is 5.97. The van der Waals surface area contributed by atoms with Gasteiger partial charge in [-0.25, -0.2) is 0 Å². The first kappa shape index (κ1) is 27.3. The lowest BCUT2D eigenvalue weighted by atomic mass is 10.1. The van der Waals surface area contributed by atoms with E-state index < -0.39 is 11.4 Å². The highest BCUT2D eigenvalue weighted by molar-refractivity contribution is 7.99. The molecule has 0 aromatic heterocycles. The van der Waals surface area contributed by atoms with Gasteiger partial charge in [0.15, 0.2) is 23.0 Å². The summed E-state index contributed by atoms with van der Waals surface area (Å²) < 4.78 is 27.1. The highest BCUT2D eigenvalue weighted by atomic mass is 32.2. The van der Waals surface area contributed by atoms with Crippen LogP contribution in [-0.2, 0) is 4.79 Å². The largest absolute Gasteiger partial charge is 0.493 e. The van der Waals surface area contributed by atoms with Gasteiger partial charge in [0.25, 0.3) is 5.91 Å². The first-order valence-electron chi connectivity index (χ1n) is 11.7. The van der Waals surface area contributed by atoms with E-state index in [1.54, 1.807) is 37.3 Å². The van der Waals surface area contributed by atoms with Gasteiger partial charge in [-0.2, -0.15) is 0 Å². The summed E-state index contributed by atoms with van der Waals surface area (Å²) in [5.41, 5.74) is 1.14. The van der Waals surface area contributed by atoms with Gasteiger partial charge in [-0.15, -0.1) is 11.8 Å². The number of nitrogens with one attached hydrogen (secondary N) is 1. The maximum absolute atomic E-state index is 14.0. The molecule has 1 fully saturated rings. The fourth-order valence-electron chi connectivity index (χ4n) is 4.08. The summed E-state index contributed by atoms with van der Waals surface area (Å²) in [5.74, 6) is 2.18. The Hall–Kier alpha value is -3.27. The first-order chi connectivity index (χ1) is 17.4. The molecule has 0 spiro atoms. The van der Waals surface area contributed by atoms with E-state index >= 15 is 0 Å². The van der Waals surface area contributed by atoms with Crippen LogP contribution < -0.4 is 29.0 Å². The molecule has 10 heteroatoms. The number of carbonyl (C=O) groups excluding carboxylic acids is 2. The predicted molar refractivity (Wildman–Crippen MR) is 139 cm³/mol. The van der Waals surface area contributed by atoms with Crippen molar-refractivity contribution in [1.82, 2.24) is 10.2 Å². The number of amides is 2. The van der Waals surface area contributed by atoms with Crippen molar-refractivity contribution in [3.8, 4) is 28.7 Å². The lowest BCUT2D eigenvalue weighted by molar-refractivity contribution is -0.124. The molecule has 0 aliphatic carbocycles. The second-order valence-electron chi connectivity index (χ2n) is 8.09. The second kappa shape index (κ2) is 12.6. The molecule has 0 saturated carbocycles. The van der Waals surface area contributed by atoms with Gasteiger partial charge in [-0.1, -0.05) is 19.4 Å². The van der Waals surface area contributed by atoms with E-state index in [4.69, 9.17) is 23.7 Å². The normalized spacial score (nSPS) is 16.9. The minimum absolute atomic E-state index is 0.181. The summed E-state index contributed by atoms with van der Waals surface area (Å²) in [6, 6.07) is 8.06. The van der Waals surface area contributed by atoms with Crippen LogP contribution >= 0.6 is 11.8 Å². The Morgan fingerprint density at radius 1 is 0.917 bits per heavy atom. The van der Waals surface area contributed by atoms with Gasteiger partial charge in [0, 0.05) is 17.9 Å². The molecular formula is C26H34N2O7S. The Balaban J connectivity index is 2.05. The monoisotopic (exact) mass is 518 g/mol. The Labute approximate surface area is 216 Å². The van der Waals surface area contributed by atoms with Crippen molar-refractivity contribution in [1.29, 1.82) is 0 Å². The van der Waals surface area contributed by atoms with E-state index in [2.05, 4.69) is 12.2 Å². The fraction of sp³-hybridized carbons (Fsp3) is 0.462. The Kier molecular flexibility index (Phi) is 9.58. The maximum atomic E-state index is 14.0. The first-order valence-corrected chi connectivity index (χ1v) is 12.7. The van der Waals surface area contributed by atoms with Gasteiger partial charge in [0.05, 0.1) is 35.5 Å². The van der Waals surface area contributed by atoms with E-state index in [9.17, 15) is 9.59 Å². The SMILES string of the molecule is CCCCNC(=O)C1CSC(c2ccc(OC)c(OC)c2)N1C(=O)c1cc(OC)c(OC)c(OC)c1. The molecule has 196 valence electrons. The van der Waals surface area contributed by atoms with Crippen molar-refractivity contribution in [3.63, 3.8) is 0 Å². The van der Waals surface area contributed by atoms with Crippen molar-refractivity contribution in [2.24, 2.45) is 0 Å². The van der Waals surface area contributed by atoms with E-state index in [0.717, 1.165) is 18.4 Å². The topological polar surface area (TPSA) is 95.6 Å². The number of benzene rings is 2. The fourth-order valence-corrected chi connectivity index (χ4v) is 5.50. The Morgan fingerprint density at radius 3 is 2.11 bits per heavy atom. The van der Waals surface area contributed by atoms with Crippen molar-refractivity contribution in [2.45, 2.75) is 31.2 Å². The average molecular weight is 519 g/mol. The van der Waals surface area contributed by atoms with E-state index in [-0.39, 0.29) is 11.8 Å². The van der Waals surface area contributed by atoms with Crippen LogP contribution in [0.2, 0.25) is 0 Å². The van der Waals surface area contributed by atoms with Crippen molar-refractivity contribution >= 4 is 23.6 Å². The molecule has 1 N–H and O–H groups in total. The standard InChI is InChI=1S/C26H34N2O7S/c1-7-8-11-27-24(29)18-15-36-26(16-9-10-19(31-2)20(12-16)32-3)28(18)25(30)17-13-21(33-4)23(35-6)22(14-17)34-5/h9-10,12-14,18,26H,7-8,11,15H2,1-6H3,(H,27,29). The highest BCUT2D eigenvalue weighted by Crippen LogP contribution is 2.45. The Bertz CT molecular complexity index is 1050. The zero-order valence-electron chi connectivity index (χ0n) is 21.6. The molecule has 0 bridgehead atoms. The van der Waals surface area contributed by atoms with Crippen molar-refractivity contribution in [2.75, 3.05) is 47.8 Å². The molecule has 2 aromatic carbocycles. The Morgan fingerprint density at radius 2 is 1.56 bits per heavy atom. The lowest BCUT2D eigenvalue weighted by Gasteiger charge is -2.30. The summed E-state index contributed by atoms with van der Waals surface area (Å²) in [5, 5.41) is 2.56. The van der Waals surface area contributed by atoms with E-state index in [1.165, 1.54) is 33.1 Å². The summed E-state index contributed by atoms with van der Waals surface area (Å²) in [4.78, 5) is 28.8. The smallest absolute Gasteiger partial charge is 0.256 e. The second-order valence-corrected chi connectivity index (χ2v) is 9.20. The van der Waals surface area contributed by atoms with Crippen LogP contribution in [0.3, 0.4) is 0 Å². The van der Waals surface area contributed by atoms with Gasteiger partial charge in [0.1, 0.15) is 11.4 Å². The number of methoxy groups -OCH3 is 5. The quantitative estimate of drug-likeness (QED) is 0.448. The minimum Gasteiger partial charge on any atom is -0.493 e. The molecule has 1 aliphatic heterocycles. The predicted octanol–water partition coefficient (Wildman–Crippen LogP) is 3.90. The van der Waals surface area contributed by atoms with Crippen LogP contribution in [0.15, 0.2) is 30.3 Å². The molecule has 1 aliphatic rings. The third kappa shape index (κ3) is 5.59. The van der Waals surface area contributed by atoms with Crippen LogP contribution in [0.4, 0.5) is 0 Å². The number of hydrogen-bond donors (Lipinski definition) is 1. The molecule has 9 nitrogen and oxygen atoms in total. The molecule has 2 unspecified atom stereocenters. The number of hydrogen-bond acceptors (Lipinski definition) is 8. The molecule has 1 heterocycles. The van der Waals surface area contributed by atoms with Crippen LogP contribution in [0, 0.1) is 0 Å². The number of thioether (sulfide) groups is 1. The molecular weight excluding hydrogens is 484 g/mol. The number of nitrogens with zero attached hydrogens (tertiary/aromatic N) is 1. The molecule has 2 atom stereocenters. The molecule has 36 heavy (non-hydrogen) atoms. The van der Waals surface area contributed by atoms with Gasteiger partial charge in [0.2, 0.25) is 11.7 Å². The summed E-state index contributed by atoms with van der Waals surface area (Å²) in [7, 11) is 7.62. The van der Waals surface area contributed by atoms with Gasteiger partial charge in [-0.3, -0.25) is 9.59 Å². The maximum Gasteiger partial charge on any atom is 0.256 e.